The lowest BCUT2D eigenvalue weighted by molar-refractivity contribution is 0.0944. The first-order valence-electron chi connectivity index (χ1n) is 5.11. The summed E-state index contributed by atoms with van der Waals surface area (Å²) in [6, 6.07) is 6.79. The van der Waals surface area contributed by atoms with Gasteiger partial charge in [0.1, 0.15) is 5.75 Å². The van der Waals surface area contributed by atoms with Crippen LogP contribution in [0.25, 0.3) is 0 Å². The number of hydrogen-bond acceptors (Lipinski definition) is 3. The predicted octanol–water partition coefficient (Wildman–Crippen LogP) is 0.952. The third-order valence-corrected chi connectivity index (χ3v) is 1.89. The van der Waals surface area contributed by atoms with Crippen molar-refractivity contribution in [2.24, 2.45) is 5.73 Å². The molecule has 0 atom stereocenters. The maximum atomic E-state index is 11.6. The summed E-state index contributed by atoms with van der Waals surface area (Å²) in [7, 11) is 0. The van der Waals surface area contributed by atoms with Crippen molar-refractivity contribution in [3.63, 3.8) is 0 Å². The van der Waals surface area contributed by atoms with Crippen LogP contribution in [0.2, 0.25) is 0 Å². The van der Waals surface area contributed by atoms with Gasteiger partial charge in [0.25, 0.3) is 5.91 Å². The maximum Gasteiger partial charge on any atom is 0.269 e. The molecule has 4 N–H and O–H groups in total. The Kier molecular flexibility index (Phi) is 4.71. The number of nitrogens with two attached hydrogens (primary N) is 1. The zero-order chi connectivity index (χ0) is 12.8. The van der Waals surface area contributed by atoms with Gasteiger partial charge in [-0.15, -0.1) is 0 Å². The molecule has 0 saturated carbocycles. The van der Waals surface area contributed by atoms with Crippen LogP contribution in [0.4, 0.5) is 0 Å². The molecule has 0 fully saturated rings. The molecule has 5 nitrogen and oxygen atoms in total. The highest BCUT2D eigenvalue weighted by Gasteiger charge is 2.05. The molecule has 0 unspecified atom stereocenters. The number of carbonyl (C=O) groups is 1. The van der Waals surface area contributed by atoms with E-state index in [9.17, 15) is 4.79 Å². The lowest BCUT2D eigenvalue weighted by Crippen LogP contribution is -2.44. The summed E-state index contributed by atoms with van der Waals surface area (Å²) in [5.41, 5.74) is 10.4. The van der Waals surface area contributed by atoms with Crippen LogP contribution >= 0.6 is 12.2 Å². The van der Waals surface area contributed by atoms with Crippen LogP contribution in [-0.4, -0.2) is 17.1 Å². The van der Waals surface area contributed by atoms with E-state index in [0.29, 0.717) is 5.56 Å². The minimum absolute atomic E-state index is 0.0121. The van der Waals surface area contributed by atoms with Crippen molar-refractivity contribution in [2.75, 3.05) is 0 Å². The monoisotopic (exact) mass is 253 g/mol. The van der Waals surface area contributed by atoms with Gasteiger partial charge < -0.3 is 10.5 Å². The first-order chi connectivity index (χ1) is 7.99. The fourth-order valence-electron chi connectivity index (χ4n) is 1.15. The molecule has 0 saturated heterocycles. The molecule has 0 aliphatic heterocycles. The highest BCUT2D eigenvalue weighted by Crippen LogP contribution is 2.13. The van der Waals surface area contributed by atoms with Crippen molar-refractivity contribution in [3.8, 4) is 5.75 Å². The fraction of sp³-hybridized carbons (Fsp3) is 0.273. The van der Waals surface area contributed by atoms with Gasteiger partial charge in [0.2, 0.25) is 0 Å². The van der Waals surface area contributed by atoms with Gasteiger partial charge in [0.15, 0.2) is 5.11 Å². The van der Waals surface area contributed by atoms with E-state index in [2.05, 4.69) is 23.1 Å². The van der Waals surface area contributed by atoms with Crippen molar-refractivity contribution in [1.29, 1.82) is 0 Å². The highest BCUT2D eigenvalue weighted by atomic mass is 32.1. The smallest absolute Gasteiger partial charge is 0.269 e. The molecule has 0 heterocycles. The number of amides is 1. The molecule has 1 aromatic carbocycles. The van der Waals surface area contributed by atoms with E-state index >= 15 is 0 Å². The van der Waals surface area contributed by atoms with E-state index in [4.69, 9.17) is 10.5 Å². The maximum absolute atomic E-state index is 11.6. The average molecular weight is 253 g/mol. The number of benzene rings is 1. The number of carbonyl (C=O) groups excluding carboxylic acids is 1. The Morgan fingerprint density at radius 2 is 1.88 bits per heavy atom. The molecule has 0 bridgehead atoms. The van der Waals surface area contributed by atoms with E-state index in [-0.39, 0.29) is 17.1 Å². The highest BCUT2D eigenvalue weighted by molar-refractivity contribution is 7.80. The Balaban J connectivity index is 2.60. The minimum Gasteiger partial charge on any atom is -0.491 e. The van der Waals surface area contributed by atoms with Gasteiger partial charge >= 0.3 is 0 Å². The Hall–Kier alpha value is -1.82. The van der Waals surface area contributed by atoms with Crippen LogP contribution in [0.15, 0.2) is 24.3 Å². The van der Waals surface area contributed by atoms with Crippen LogP contribution in [0.1, 0.15) is 24.2 Å². The Morgan fingerprint density at radius 1 is 1.29 bits per heavy atom. The summed E-state index contributed by atoms with van der Waals surface area (Å²) >= 11 is 4.56. The summed E-state index contributed by atoms with van der Waals surface area (Å²) in [5.74, 6) is 0.410. The van der Waals surface area contributed by atoms with Gasteiger partial charge in [0, 0.05) is 5.56 Å². The van der Waals surface area contributed by atoms with Crippen molar-refractivity contribution >= 4 is 23.2 Å². The zero-order valence-electron chi connectivity index (χ0n) is 9.69. The number of hydrazine groups is 1. The first-order valence-corrected chi connectivity index (χ1v) is 5.52. The van der Waals surface area contributed by atoms with Crippen LogP contribution < -0.4 is 21.3 Å². The Bertz CT molecular complexity index is 404. The molecule has 0 aromatic heterocycles. The van der Waals surface area contributed by atoms with E-state index < -0.39 is 0 Å². The largest absolute Gasteiger partial charge is 0.491 e. The molecule has 0 radical (unpaired) electrons. The summed E-state index contributed by atoms with van der Waals surface area (Å²) in [6.45, 7) is 3.87. The van der Waals surface area contributed by atoms with Gasteiger partial charge in [-0.05, 0) is 50.3 Å². The predicted molar refractivity (Wildman–Crippen MR) is 69.6 cm³/mol. The molecule has 0 spiro atoms. The third kappa shape index (κ3) is 4.69. The molecule has 92 valence electrons. The third-order valence-electron chi connectivity index (χ3n) is 1.79. The van der Waals surface area contributed by atoms with E-state index in [1.54, 1.807) is 24.3 Å². The van der Waals surface area contributed by atoms with Crippen molar-refractivity contribution in [2.45, 2.75) is 20.0 Å². The second-order valence-corrected chi connectivity index (χ2v) is 4.07. The van der Waals surface area contributed by atoms with Gasteiger partial charge in [-0.3, -0.25) is 15.6 Å². The number of nitrogens with one attached hydrogen (secondary N) is 2. The van der Waals surface area contributed by atoms with Gasteiger partial charge in [-0.2, -0.15) is 0 Å². The summed E-state index contributed by atoms with van der Waals surface area (Å²) in [4.78, 5) is 11.6. The second-order valence-electron chi connectivity index (χ2n) is 3.63. The fourth-order valence-corrected chi connectivity index (χ4v) is 1.20. The molecule has 1 aromatic rings. The van der Waals surface area contributed by atoms with Crippen LogP contribution in [0.3, 0.4) is 0 Å². The molecule has 1 amide bonds. The molecular formula is C11H15N3O2S. The molecule has 17 heavy (non-hydrogen) atoms. The van der Waals surface area contributed by atoms with Gasteiger partial charge in [0.05, 0.1) is 6.10 Å². The summed E-state index contributed by atoms with van der Waals surface area (Å²) in [5, 5.41) is 0.0121. The summed E-state index contributed by atoms with van der Waals surface area (Å²) in [6.07, 6.45) is 0.103. The van der Waals surface area contributed by atoms with Crippen molar-refractivity contribution in [1.82, 2.24) is 10.9 Å². The SMILES string of the molecule is CC(C)Oc1ccc(C(=O)NNC(N)=S)cc1. The van der Waals surface area contributed by atoms with E-state index in [0.717, 1.165) is 5.75 Å². The number of ether oxygens (including phenoxy) is 1. The molecule has 0 aliphatic carbocycles. The number of hydrogen-bond donors (Lipinski definition) is 3. The Morgan fingerprint density at radius 3 is 2.35 bits per heavy atom. The molecule has 1 rings (SSSR count). The molecular weight excluding hydrogens is 238 g/mol. The van der Waals surface area contributed by atoms with Crippen LogP contribution in [0.5, 0.6) is 5.75 Å². The van der Waals surface area contributed by atoms with E-state index in [1.165, 1.54) is 0 Å². The topological polar surface area (TPSA) is 76.4 Å². The normalized spacial score (nSPS) is 9.82. The van der Waals surface area contributed by atoms with Crippen molar-refractivity contribution in [3.05, 3.63) is 29.8 Å². The standard InChI is InChI=1S/C11H15N3O2S/c1-7(2)16-9-5-3-8(4-6-9)10(15)13-14-11(12)17/h3-7H,1-2H3,(H,13,15)(H3,12,14,17). The minimum atomic E-state index is -0.311. The van der Waals surface area contributed by atoms with Crippen LogP contribution in [-0.2, 0) is 0 Å². The summed E-state index contributed by atoms with van der Waals surface area (Å²) < 4.78 is 5.46. The van der Waals surface area contributed by atoms with Crippen molar-refractivity contribution < 1.29 is 9.53 Å². The van der Waals surface area contributed by atoms with Crippen LogP contribution in [0, 0.1) is 0 Å². The zero-order valence-corrected chi connectivity index (χ0v) is 10.5. The first kappa shape index (κ1) is 13.2. The lowest BCUT2D eigenvalue weighted by atomic mass is 10.2. The Labute approximate surface area is 105 Å². The average Bonchev–Trinajstić information content (AvgIpc) is 2.26. The number of rotatable bonds is 3. The lowest BCUT2D eigenvalue weighted by Gasteiger charge is -2.10. The van der Waals surface area contributed by atoms with E-state index in [1.807, 2.05) is 13.8 Å². The quantitative estimate of drug-likeness (QED) is 0.552. The molecule has 0 aliphatic rings. The number of thiocarbonyl (C=S) groups is 1. The van der Waals surface area contributed by atoms with Gasteiger partial charge in [-0.1, -0.05) is 0 Å². The second kappa shape index (κ2) is 6.05. The van der Waals surface area contributed by atoms with Gasteiger partial charge in [-0.25, -0.2) is 0 Å². The molecule has 6 heteroatoms.